The lowest BCUT2D eigenvalue weighted by atomic mass is 9.95. The Labute approximate surface area is 171 Å². The van der Waals surface area contributed by atoms with Gasteiger partial charge in [0, 0.05) is 48.1 Å². The lowest BCUT2D eigenvalue weighted by molar-refractivity contribution is -0.135. The summed E-state index contributed by atoms with van der Waals surface area (Å²) in [5.74, 6) is 1.96. The molecule has 2 amide bonds. The van der Waals surface area contributed by atoms with E-state index in [9.17, 15) is 9.59 Å². The quantitative estimate of drug-likeness (QED) is 0.738. The van der Waals surface area contributed by atoms with Crippen molar-refractivity contribution >= 4 is 29.1 Å². The third kappa shape index (κ3) is 4.25. The molecule has 0 fully saturated rings. The van der Waals surface area contributed by atoms with Gasteiger partial charge in [0.15, 0.2) is 0 Å². The lowest BCUT2D eigenvalue weighted by Crippen LogP contribution is -2.37. The average molecular weight is 403 g/mol. The summed E-state index contributed by atoms with van der Waals surface area (Å²) in [6, 6.07) is 9.57. The minimum absolute atomic E-state index is 0.00884. The highest BCUT2D eigenvalue weighted by Crippen LogP contribution is 2.31. The topological polar surface area (TPSA) is 62.6 Å². The van der Waals surface area contributed by atoms with E-state index in [1.54, 1.807) is 0 Å². The maximum Gasteiger partial charge on any atom is 0.231 e. The summed E-state index contributed by atoms with van der Waals surface area (Å²) in [5.41, 5.74) is 1.99. The van der Waals surface area contributed by atoms with Crippen LogP contribution in [0.4, 0.5) is 5.69 Å². The number of amides is 2. The Bertz CT molecular complexity index is 886. The minimum atomic E-state index is -0.645. The first kappa shape index (κ1) is 20.5. The molecule has 6 heteroatoms. The Morgan fingerprint density at radius 3 is 2.71 bits per heavy atom. The molecule has 0 saturated carbocycles. The number of nitrogens with one attached hydrogen (secondary N) is 1. The molecule has 0 spiro atoms. The van der Waals surface area contributed by atoms with Crippen LogP contribution in [0, 0.1) is 11.3 Å². The molecule has 0 radical (unpaired) electrons. The second-order valence-electron chi connectivity index (χ2n) is 8.28. The van der Waals surface area contributed by atoms with Gasteiger partial charge >= 0.3 is 0 Å². The third-order valence-electron chi connectivity index (χ3n) is 5.03. The largest absolute Gasteiger partial charge is 0.461 e. The molecule has 1 aromatic carbocycles. The van der Waals surface area contributed by atoms with Crippen LogP contribution in [-0.2, 0) is 22.6 Å². The third-order valence-corrected chi connectivity index (χ3v) is 5.69. The molecule has 2 heterocycles. The Kier molecular flexibility index (Phi) is 5.84. The molecule has 150 valence electrons. The summed E-state index contributed by atoms with van der Waals surface area (Å²) in [6.45, 7) is 8.72. The number of alkyl halides is 1. The number of anilines is 1. The fraction of sp³-hybridized carbons (Fsp3) is 0.455. The highest BCUT2D eigenvalue weighted by Gasteiger charge is 2.27. The predicted octanol–water partition coefficient (Wildman–Crippen LogP) is 4.69. The van der Waals surface area contributed by atoms with Gasteiger partial charge in [0.05, 0.1) is 5.41 Å². The summed E-state index contributed by atoms with van der Waals surface area (Å²) in [5, 5.41) is 2.92. The van der Waals surface area contributed by atoms with Crippen molar-refractivity contribution in [1.29, 1.82) is 0 Å². The molecule has 1 aromatic heterocycles. The first-order valence-electron chi connectivity index (χ1n) is 9.59. The first-order valence-corrected chi connectivity index (χ1v) is 10.1. The van der Waals surface area contributed by atoms with Crippen LogP contribution in [0.3, 0.4) is 0 Å². The van der Waals surface area contributed by atoms with Crippen LogP contribution in [0.1, 0.15) is 39.0 Å². The summed E-state index contributed by atoms with van der Waals surface area (Å²) < 4.78 is 6.06. The molecule has 2 aromatic rings. The number of benzene rings is 1. The van der Waals surface area contributed by atoms with Crippen LogP contribution in [0.15, 0.2) is 34.7 Å². The SMILES string of the molecule is CC(C)C(=O)N1CCc2oc(-c3cccc(NC(=O)C(C)(C)CCl)c3)cc2C1. The van der Waals surface area contributed by atoms with E-state index < -0.39 is 5.41 Å². The number of halogens is 1. The zero-order valence-electron chi connectivity index (χ0n) is 16.8. The minimum Gasteiger partial charge on any atom is -0.461 e. The molecule has 1 aliphatic rings. The van der Waals surface area contributed by atoms with Gasteiger partial charge in [-0.25, -0.2) is 0 Å². The van der Waals surface area contributed by atoms with Crippen LogP contribution >= 0.6 is 11.6 Å². The molecule has 0 unspecified atom stereocenters. The van der Waals surface area contributed by atoms with Crippen molar-refractivity contribution in [1.82, 2.24) is 4.90 Å². The van der Waals surface area contributed by atoms with Crippen LogP contribution < -0.4 is 5.32 Å². The molecule has 0 saturated heterocycles. The second kappa shape index (κ2) is 8.00. The van der Waals surface area contributed by atoms with Gasteiger partial charge in [-0.3, -0.25) is 9.59 Å². The van der Waals surface area contributed by atoms with E-state index in [2.05, 4.69) is 5.32 Å². The van der Waals surface area contributed by atoms with Crippen molar-refractivity contribution < 1.29 is 14.0 Å². The monoisotopic (exact) mass is 402 g/mol. The van der Waals surface area contributed by atoms with Gasteiger partial charge in [-0.2, -0.15) is 0 Å². The van der Waals surface area contributed by atoms with Crippen molar-refractivity contribution in [3.63, 3.8) is 0 Å². The van der Waals surface area contributed by atoms with Crippen LogP contribution in [0.2, 0.25) is 0 Å². The normalized spacial score (nSPS) is 14.1. The van der Waals surface area contributed by atoms with E-state index in [1.165, 1.54) is 0 Å². The number of carbonyl (C=O) groups is 2. The van der Waals surface area contributed by atoms with Crippen LogP contribution in [0.25, 0.3) is 11.3 Å². The highest BCUT2D eigenvalue weighted by atomic mass is 35.5. The van der Waals surface area contributed by atoms with Crippen molar-refractivity contribution in [3.8, 4) is 11.3 Å². The van der Waals surface area contributed by atoms with E-state index >= 15 is 0 Å². The Morgan fingerprint density at radius 2 is 2.04 bits per heavy atom. The van der Waals surface area contributed by atoms with Gasteiger partial charge in [0.2, 0.25) is 11.8 Å². The maximum atomic E-state index is 12.4. The maximum absolute atomic E-state index is 12.4. The van der Waals surface area contributed by atoms with Crippen LogP contribution in [0.5, 0.6) is 0 Å². The number of furan rings is 1. The second-order valence-corrected chi connectivity index (χ2v) is 8.54. The Balaban J connectivity index is 1.79. The zero-order chi connectivity index (χ0) is 20.5. The smallest absolute Gasteiger partial charge is 0.231 e. The summed E-state index contributed by atoms with van der Waals surface area (Å²) in [7, 11) is 0. The van der Waals surface area contributed by atoms with Crippen molar-refractivity contribution in [2.45, 2.75) is 40.7 Å². The molecule has 1 N–H and O–H groups in total. The number of carbonyl (C=O) groups excluding carboxylic acids is 2. The number of nitrogens with zero attached hydrogens (tertiary/aromatic N) is 1. The number of hydrogen-bond acceptors (Lipinski definition) is 3. The van der Waals surface area contributed by atoms with Gasteiger partial charge in [0.1, 0.15) is 11.5 Å². The van der Waals surface area contributed by atoms with E-state index in [0.29, 0.717) is 25.2 Å². The van der Waals surface area contributed by atoms with E-state index in [-0.39, 0.29) is 23.6 Å². The Hall–Kier alpha value is -2.27. The average Bonchev–Trinajstić information content (AvgIpc) is 3.10. The molecular formula is C22H27ClN2O3. The fourth-order valence-corrected chi connectivity index (χ4v) is 3.26. The Morgan fingerprint density at radius 1 is 1.29 bits per heavy atom. The van der Waals surface area contributed by atoms with Gasteiger partial charge in [-0.05, 0) is 32.0 Å². The molecule has 3 rings (SSSR count). The zero-order valence-corrected chi connectivity index (χ0v) is 17.6. The number of fused-ring (bicyclic) bond motifs is 1. The predicted molar refractivity (Wildman–Crippen MR) is 111 cm³/mol. The van der Waals surface area contributed by atoms with Gasteiger partial charge < -0.3 is 14.6 Å². The molecular weight excluding hydrogens is 376 g/mol. The fourth-order valence-electron chi connectivity index (χ4n) is 3.14. The van der Waals surface area contributed by atoms with Gasteiger partial charge in [-0.15, -0.1) is 11.6 Å². The molecule has 0 aliphatic carbocycles. The lowest BCUT2D eigenvalue weighted by Gasteiger charge is -2.27. The molecule has 0 bridgehead atoms. The van der Waals surface area contributed by atoms with Crippen LogP contribution in [-0.4, -0.2) is 29.1 Å². The van der Waals surface area contributed by atoms with E-state index in [4.69, 9.17) is 16.0 Å². The summed E-state index contributed by atoms with van der Waals surface area (Å²) >= 11 is 5.89. The van der Waals surface area contributed by atoms with Crippen molar-refractivity contribution in [2.24, 2.45) is 11.3 Å². The van der Waals surface area contributed by atoms with Gasteiger partial charge in [0.25, 0.3) is 0 Å². The molecule has 5 nitrogen and oxygen atoms in total. The van der Waals surface area contributed by atoms with Crippen molar-refractivity contribution in [3.05, 3.63) is 41.7 Å². The summed E-state index contributed by atoms with van der Waals surface area (Å²) in [6.07, 6.45) is 0.716. The molecule has 1 aliphatic heterocycles. The van der Waals surface area contributed by atoms with E-state index in [0.717, 1.165) is 22.6 Å². The first-order chi connectivity index (χ1) is 13.2. The number of hydrogen-bond donors (Lipinski definition) is 1. The van der Waals surface area contributed by atoms with Gasteiger partial charge in [-0.1, -0.05) is 26.0 Å². The summed E-state index contributed by atoms with van der Waals surface area (Å²) in [4.78, 5) is 26.5. The van der Waals surface area contributed by atoms with Crippen molar-refractivity contribution in [2.75, 3.05) is 17.7 Å². The standard InChI is InChI=1S/C22H27ClN2O3/c1-14(2)20(26)25-9-8-18-16(12-25)11-19(28-18)15-6-5-7-17(10-15)24-21(27)22(3,4)13-23/h5-7,10-11,14H,8-9,12-13H2,1-4H3,(H,24,27). The molecule has 0 atom stereocenters. The van der Waals surface area contributed by atoms with E-state index in [1.807, 2.05) is 62.9 Å². The molecule has 28 heavy (non-hydrogen) atoms. The number of rotatable bonds is 5. The highest BCUT2D eigenvalue weighted by molar-refractivity contribution is 6.20.